The summed E-state index contributed by atoms with van der Waals surface area (Å²) in [6, 6.07) is 21.2. The number of aldehydes is 1. The van der Waals surface area contributed by atoms with E-state index in [9.17, 15) is 14.7 Å². The zero-order chi connectivity index (χ0) is 20.9. The number of carbonyl (C=O) groups is 2. The van der Waals surface area contributed by atoms with Gasteiger partial charge >= 0.3 is 6.09 Å². The molecule has 1 aliphatic carbocycles. The number of hydrogen-bond donors (Lipinski definition) is 2. The van der Waals surface area contributed by atoms with Crippen molar-refractivity contribution in [1.82, 2.24) is 5.32 Å². The van der Waals surface area contributed by atoms with Crippen LogP contribution in [0.4, 0.5) is 4.79 Å². The Balaban J connectivity index is 1.35. The highest BCUT2D eigenvalue weighted by atomic mass is 16.5. The molecule has 0 aliphatic heterocycles. The number of phenolic OH excluding ortho intramolecular Hbond substituents is 1. The van der Waals surface area contributed by atoms with Crippen molar-refractivity contribution in [3.8, 4) is 16.9 Å². The first kappa shape index (κ1) is 19.5. The lowest BCUT2D eigenvalue weighted by Crippen LogP contribution is -2.26. The van der Waals surface area contributed by atoms with Gasteiger partial charge in [-0.2, -0.15) is 0 Å². The minimum absolute atomic E-state index is 0.0149. The fraction of sp³-hybridized carbons (Fsp3) is 0.120. The van der Waals surface area contributed by atoms with Crippen molar-refractivity contribution in [2.75, 3.05) is 13.2 Å². The molecular formula is C25H21NO4. The van der Waals surface area contributed by atoms with Crippen molar-refractivity contribution >= 4 is 18.5 Å². The third-order valence-corrected chi connectivity index (χ3v) is 5.24. The van der Waals surface area contributed by atoms with Crippen LogP contribution < -0.4 is 5.32 Å². The van der Waals surface area contributed by atoms with Crippen molar-refractivity contribution < 1.29 is 19.4 Å². The number of benzene rings is 3. The molecule has 0 heterocycles. The van der Waals surface area contributed by atoms with Crippen LogP contribution in [0.5, 0.6) is 5.75 Å². The largest absolute Gasteiger partial charge is 0.507 e. The van der Waals surface area contributed by atoms with Crippen molar-refractivity contribution in [1.29, 1.82) is 0 Å². The normalized spacial score (nSPS) is 12.4. The van der Waals surface area contributed by atoms with Gasteiger partial charge in [0.15, 0.2) is 6.29 Å². The molecule has 0 bridgehead atoms. The van der Waals surface area contributed by atoms with Crippen LogP contribution >= 0.6 is 0 Å². The SMILES string of the molecule is O=Cc1c(O)cccc1C=CCNC(=O)OCC1c2ccccc2-c2ccccc21. The number of nitrogens with one attached hydrogen (secondary N) is 1. The summed E-state index contributed by atoms with van der Waals surface area (Å²) in [5, 5.41) is 12.4. The van der Waals surface area contributed by atoms with Crippen molar-refractivity contribution in [2.45, 2.75) is 5.92 Å². The van der Waals surface area contributed by atoms with E-state index in [4.69, 9.17) is 4.74 Å². The molecule has 0 saturated carbocycles. The average Bonchev–Trinajstić information content (AvgIpc) is 3.09. The van der Waals surface area contributed by atoms with E-state index >= 15 is 0 Å². The Morgan fingerprint density at radius 2 is 1.63 bits per heavy atom. The molecule has 30 heavy (non-hydrogen) atoms. The molecule has 3 aromatic carbocycles. The molecule has 4 rings (SSSR count). The first-order chi connectivity index (χ1) is 14.7. The van der Waals surface area contributed by atoms with E-state index in [1.807, 2.05) is 24.3 Å². The van der Waals surface area contributed by atoms with Gasteiger partial charge in [-0.3, -0.25) is 4.79 Å². The van der Waals surface area contributed by atoms with Crippen LogP contribution in [0.25, 0.3) is 17.2 Å². The van der Waals surface area contributed by atoms with E-state index in [1.54, 1.807) is 24.3 Å². The molecule has 150 valence electrons. The number of carbonyl (C=O) groups excluding carboxylic acids is 2. The fourth-order valence-electron chi connectivity index (χ4n) is 3.82. The van der Waals surface area contributed by atoms with Gasteiger partial charge < -0.3 is 15.2 Å². The van der Waals surface area contributed by atoms with Gasteiger partial charge in [0.1, 0.15) is 12.4 Å². The van der Waals surface area contributed by atoms with Gasteiger partial charge in [0, 0.05) is 12.5 Å². The summed E-state index contributed by atoms with van der Waals surface area (Å²) < 4.78 is 5.48. The highest BCUT2D eigenvalue weighted by molar-refractivity contribution is 5.85. The summed E-state index contributed by atoms with van der Waals surface area (Å²) in [6.45, 7) is 0.496. The summed E-state index contributed by atoms with van der Waals surface area (Å²) in [5.74, 6) is -0.0576. The van der Waals surface area contributed by atoms with E-state index in [0.29, 0.717) is 11.8 Å². The molecule has 5 nitrogen and oxygen atoms in total. The van der Waals surface area contributed by atoms with E-state index in [0.717, 1.165) is 11.1 Å². The Hall–Kier alpha value is -3.86. The van der Waals surface area contributed by atoms with Crippen LogP contribution in [0, 0.1) is 0 Å². The van der Waals surface area contributed by atoms with Gasteiger partial charge in [0.05, 0.1) is 5.56 Å². The van der Waals surface area contributed by atoms with Gasteiger partial charge in [0.2, 0.25) is 0 Å². The number of alkyl carbamates (subject to hydrolysis) is 1. The Morgan fingerprint density at radius 1 is 0.967 bits per heavy atom. The number of amides is 1. The smallest absolute Gasteiger partial charge is 0.407 e. The van der Waals surface area contributed by atoms with E-state index < -0.39 is 6.09 Å². The topological polar surface area (TPSA) is 75.6 Å². The van der Waals surface area contributed by atoms with Crippen LogP contribution in [0.2, 0.25) is 0 Å². The average molecular weight is 399 g/mol. The molecule has 0 unspecified atom stereocenters. The summed E-state index contributed by atoms with van der Waals surface area (Å²) >= 11 is 0. The number of phenols is 1. The Labute approximate surface area is 174 Å². The first-order valence-corrected chi connectivity index (χ1v) is 9.71. The van der Waals surface area contributed by atoms with Gasteiger partial charge in [0.25, 0.3) is 0 Å². The summed E-state index contributed by atoms with van der Waals surface area (Å²) in [4.78, 5) is 23.2. The second kappa shape index (κ2) is 8.66. The van der Waals surface area contributed by atoms with E-state index in [1.165, 1.54) is 17.2 Å². The van der Waals surface area contributed by atoms with Crippen LogP contribution in [0.15, 0.2) is 72.8 Å². The number of aromatic hydroxyl groups is 1. The lowest BCUT2D eigenvalue weighted by atomic mass is 9.98. The molecule has 1 aliphatic rings. The molecule has 0 aromatic heterocycles. The molecule has 0 fully saturated rings. The van der Waals surface area contributed by atoms with Crippen LogP contribution in [-0.2, 0) is 4.74 Å². The lowest BCUT2D eigenvalue weighted by Gasteiger charge is -2.14. The summed E-state index contributed by atoms with van der Waals surface area (Å²) in [6.07, 6.45) is 3.47. The third-order valence-electron chi connectivity index (χ3n) is 5.24. The summed E-state index contributed by atoms with van der Waals surface area (Å²) in [5.41, 5.74) is 5.49. The van der Waals surface area contributed by atoms with Gasteiger partial charge in [-0.1, -0.05) is 72.8 Å². The maximum absolute atomic E-state index is 12.1. The van der Waals surface area contributed by atoms with Gasteiger partial charge in [-0.05, 0) is 33.9 Å². The number of ether oxygens (including phenoxy) is 1. The highest BCUT2D eigenvalue weighted by Crippen LogP contribution is 2.44. The van der Waals surface area contributed by atoms with Crippen LogP contribution in [0.1, 0.15) is 33.0 Å². The Kier molecular flexibility index (Phi) is 5.61. The maximum Gasteiger partial charge on any atom is 0.407 e. The molecule has 0 saturated heterocycles. The standard InChI is InChI=1S/C25H21NO4/c27-15-22-17(7-5-13-24(22)28)8-6-14-26-25(29)30-16-23-20-11-3-1-9-18(20)19-10-2-4-12-21(19)23/h1-13,15,23,28H,14,16H2,(H,26,29). The monoisotopic (exact) mass is 399 g/mol. The minimum Gasteiger partial charge on any atom is -0.507 e. The number of hydrogen-bond acceptors (Lipinski definition) is 4. The Morgan fingerprint density at radius 3 is 2.30 bits per heavy atom. The van der Waals surface area contributed by atoms with Crippen LogP contribution in [-0.4, -0.2) is 30.6 Å². The molecule has 0 radical (unpaired) electrons. The second-order valence-corrected chi connectivity index (χ2v) is 7.01. The zero-order valence-electron chi connectivity index (χ0n) is 16.2. The summed E-state index contributed by atoms with van der Waals surface area (Å²) in [7, 11) is 0. The minimum atomic E-state index is -0.506. The first-order valence-electron chi connectivity index (χ1n) is 9.71. The number of rotatable bonds is 6. The fourth-order valence-corrected chi connectivity index (χ4v) is 3.82. The third kappa shape index (κ3) is 3.82. The molecule has 0 spiro atoms. The molecule has 3 aromatic rings. The molecule has 2 N–H and O–H groups in total. The predicted molar refractivity (Wildman–Crippen MR) is 116 cm³/mol. The lowest BCUT2D eigenvalue weighted by molar-refractivity contribution is 0.112. The second-order valence-electron chi connectivity index (χ2n) is 7.01. The molecule has 0 atom stereocenters. The van der Waals surface area contributed by atoms with Gasteiger partial charge in [-0.25, -0.2) is 4.79 Å². The maximum atomic E-state index is 12.1. The van der Waals surface area contributed by atoms with Crippen molar-refractivity contribution in [2.24, 2.45) is 0 Å². The van der Waals surface area contributed by atoms with Crippen molar-refractivity contribution in [3.63, 3.8) is 0 Å². The van der Waals surface area contributed by atoms with Gasteiger partial charge in [-0.15, -0.1) is 0 Å². The molecule has 1 amide bonds. The highest BCUT2D eigenvalue weighted by Gasteiger charge is 2.28. The van der Waals surface area contributed by atoms with Crippen molar-refractivity contribution in [3.05, 3.63) is 95.1 Å². The zero-order valence-corrected chi connectivity index (χ0v) is 16.2. The predicted octanol–water partition coefficient (Wildman–Crippen LogP) is 4.76. The van der Waals surface area contributed by atoms with E-state index in [-0.39, 0.29) is 30.4 Å². The van der Waals surface area contributed by atoms with E-state index in [2.05, 4.69) is 29.6 Å². The number of fused-ring (bicyclic) bond motifs is 3. The van der Waals surface area contributed by atoms with Crippen LogP contribution in [0.3, 0.4) is 0 Å². The quantitative estimate of drug-likeness (QED) is 0.586. The Bertz CT molecular complexity index is 1070. The molecule has 5 heteroatoms. The molecular weight excluding hydrogens is 378 g/mol.